The van der Waals surface area contributed by atoms with Crippen LogP contribution in [-0.4, -0.2) is 17.4 Å². The highest BCUT2D eigenvalue weighted by molar-refractivity contribution is 6.06. The predicted molar refractivity (Wildman–Crippen MR) is 75.2 cm³/mol. The number of hydrogen-bond acceptors (Lipinski definition) is 4. The molecule has 1 aromatic heterocycles. The van der Waals surface area contributed by atoms with Gasteiger partial charge in [0.1, 0.15) is 11.8 Å². The summed E-state index contributed by atoms with van der Waals surface area (Å²) in [5, 5.41) is 8.74. The number of nitriles is 1. The molecule has 5 nitrogen and oxygen atoms in total. The van der Waals surface area contributed by atoms with Gasteiger partial charge in [0.25, 0.3) is 5.91 Å². The molecule has 0 atom stereocenters. The highest BCUT2D eigenvalue weighted by Crippen LogP contribution is 2.30. The van der Waals surface area contributed by atoms with E-state index in [1.807, 2.05) is 24.3 Å². The lowest BCUT2D eigenvalue weighted by molar-refractivity contribution is 0.0984. The van der Waals surface area contributed by atoms with E-state index in [1.165, 1.54) is 6.20 Å². The van der Waals surface area contributed by atoms with E-state index < -0.39 is 0 Å². The van der Waals surface area contributed by atoms with Gasteiger partial charge in [0, 0.05) is 24.1 Å². The lowest BCUT2D eigenvalue weighted by Crippen LogP contribution is -2.29. The van der Waals surface area contributed by atoms with Crippen LogP contribution in [0.1, 0.15) is 21.6 Å². The average molecular weight is 264 g/mol. The van der Waals surface area contributed by atoms with Gasteiger partial charge in [-0.05, 0) is 36.2 Å². The molecule has 98 valence electrons. The Morgan fingerprint density at radius 3 is 2.90 bits per heavy atom. The number of anilines is 2. The molecule has 0 aliphatic carbocycles. The van der Waals surface area contributed by atoms with Crippen LogP contribution < -0.4 is 10.6 Å². The molecular formula is C15H12N4O. The van der Waals surface area contributed by atoms with Crippen molar-refractivity contribution in [1.29, 1.82) is 5.26 Å². The molecule has 2 heterocycles. The van der Waals surface area contributed by atoms with Crippen molar-refractivity contribution in [2.24, 2.45) is 0 Å². The topological polar surface area (TPSA) is 83.0 Å². The maximum absolute atomic E-state index is 12.5. The monoisotopic (exact) mass is 264 g/mol. The highest BCUT2D eigenvalue weighted by Gasteiger charge is 2.26. The van der Waals surface area contributed by atoms with Crippen LogP contribution >= 0.6 is 0 Å². The second kappa shape index (κ2) is 4.67. The van der Waals surface area contributed by atoms with Crippen molar-refractivity contribution in [3.63, 3.8) is 0 Å². The molecule has 0 saturated heterocycles. The number of carbonyl (C=O) groups excluding carboxylic acids is 1. The van der Waals surface area contributed by atoms with E-state index in [0.29, 0.717) is 23.5 Å². The van der Waals surface area contributed by atoms with E-state index >= 15 is 0 Å². The third-order valence-corrected chi connectivity index (χ3v) is 3.36. The van der Waals surface area contributed by atoms with Crippen LogP contribution in [0.3, 0.4) is 0 Å². The van der Waals surface area contributed by atoms with Crippen molar-refractivity contribution >= 4 is 17.3 Å². The lowest BCUT2D eigenvalue weighted by atomic mass is 10.1. The lowest BCUT2D eigenvalue weighted by Gasteiger charge is -2.17. The minimum absolute atomic E-state index is 0.168. The summed E-state index contributed by atoms with van der Waals surface area (Å²) in [7, 11) is 0. The third kappa shape index (κ3) is 1.97. The number of fused-ring (bicyclic) bond motifs is 1. The van der Waals surface area contributed by atoms with Crippen molar-refractivity contribution in [2.75, 3.05) is 17.2 Å². The van der Waals surface area contributed by atoms with E-state index in [0.717, 1.165) is 17.7 Å². The van der Waals surface area contributed by atoms with E-state index in [1.54, 1.807) is 17.0 Å². The summed E-state index contributed by atoms with van der Waals surface area (Å²) in [6.07, 6.45) is 2.22. The highest BCUT2D eigenvalue weighted by atomic mass is 16.2. The smallest absolute Gasteiger partial charge is 0.276 e. The Labute approximate surface area is 116 Å². The quantitative estimate of drug-likeness (QED) is 0.795. The number of benzene rings is 1. The number of aromatic nitrogens is 1. The molecule has 2 aromatic rings. The fourth-order valence-electron chi connectivity index (χ4n) is 2.33. The minimum atomic E-state index is -0.168. The first-order valence-electron chi connectivity index (χ1n) is 6.25. The second-order valence-corrected chi connectivity index (χ2v) is 4.64. The third-order valence-electron chi connectivity index (χ3n) is 3.36. The molecule has 1 aliphatic rings. The zero-order chi connectivity index (χ0) is 14.1. The Kier molecular flexibility index (Phi) is 2.84. The molecule has 3 rings (SSSR count). The minimum Gasteiger partial charge on any atom is -0.399 e. The van der Waals surface area contributed by atoms with E-state index in [2.05, 4.69) is 4.98 Å². The number of nitrogen functional groups attached to an aromatic ring is 1. The van der Waals surface area contributed by atoms with E-state index in [-0.39, 0.29) is 5.91 Å². The Bertz CT molecular complexity index is 716. The van der Waals surface area contributed by atoms with Crippen LogP contribution in [-0.2, 0) is 6.42 Å². The number of nitrogens with two attached hydrogens (primary N) is 1. The van der Waals surface area contributed by atoms with Crippen LogP contribution in [0.4, 0.5) is 11.4 Å². The molecule has 1 aliphatic heterocycles. The Morgan fingerprint density at radius 2 is 2.20 bits per heavy atom. The second-order valence-electron chi connectivity index (χ2n) is 4.64. The van der Waals surface area contributed by atoms with Crippen molar-refractivity contribution in [2.45, 2.75) is 6.42 Å². The van der Waals surface area contributed by atoms with Gasteiger partial charge in [0.2, 0.25) is 0 Å². The van der Waals surface area contributed by atoms with Gasteiger partial charge in [-0.15, -0.1) is 0 Å². The van der Waals surface area contributed by atoms with Crippen molar-refractivity contribution in [3.8, 4) is 6.07 Å². The first-order chi connectivity index (χ1) is 9.69. The van der Waals surface area contributed by atoms with Crippen LogP contribution in [0, 0.1) is 11.3 Å². The van der Waals surface area contributed by atoms with Gasteiger partial charge in [0.05, 0.1) is 5.56 Å². The van der Waals surface area contributed by atoms with Gasteiger partial charge < -0.3 is 10.6 Å². The number of hydrogen-bond donors (Lipinski definition) is 1. The zero-order valence-corrected chi connectivity index (χ0v) is 10.7. The standard InChI is InChI=1S/C15H12N4O/c16-8-10-1-4-13(18-9-10)15(20)19-6-5-11-2-3-12(17)7-14(11)19/h1-4,7,9H,5-6,17H2. The normalized spacial score (nSPS) is 12.8. The number of pyridine rings is 1. The van der Waals surface area contributed by atoms with Gasteiger partial charge in [-0.3, -0.25) is 4.79 Å². The van der Waals surface area contributed by atoms with Gasteiger partial charge in [-0.2, -0.15) is 5.26 Å². The van der Waals surface area contributed by atoms with Gasteiger partial charge in [-0.1, -0.05) is 6.07 Å². The van der Waals surface area contributed by atoms with Crippen LogP contribution in [0.15, 0.2) is 36.5 Å². The molecule has 0 saturated carbocycles. The average Bonchev–Trinajstić information content (AvgIpc) is 2.89. The van der Waals surface area contributed by atoms with E-state index in [4.69, 9.17) is 11.0 Å². The van der Waals surface area contributed by atoms with Crippen LogP contribution in [0.5, 0.6) is 0 Å². The first kappa shape index (κ1) is 12.2. The summed E-state index contributed by atoms with van der Waals surface area (Å²) in [6.45, 7) is 0.624. The summed E-state index contributed by atoms with van der Waals surface area (Å²) in [5.74, 6) is -0.168. The predicted octanol–water partition coefficient (Wildman–Crippen LogP) is 1.74. The zero-order valence-electron chi connectivity index (χ0n) is 10.7. The molecule has 0 spiro atoms. The first-order valence-corrected chi connectivity index (χ1v) is 6.25. The number of rotatable bonds is 1. The number of nitrogens with zero attached hydrogens (tertiary/aromatic N) is 3. The SMILES string of the molecule is N#Cc1ccc(C(=O)N2CCc3ccc(N)cc32)nc1. The summed E-state index contributed by atoms with van der Waals surface area (Å²) in [4.78, 5) is 18.2. The summed E-state index contributed by atoms with van der Waals surface area (Å²) in [6, 6.07) is 10.7. The maximum atomic E-state index is 12.5. The summed E-state index contributed by atoms with van der Waals surface area (Å²) >= 11 is 0. The fraction of sp³-hybridized carbons (Fsp3) is 0.133. The largest absolute Gasteiger partial charge is 0.399 e. The van der Waals surface area contributed by atoms with Crippen molar-refractivity contribution < 1.29 is 4.79 Å². The Morgan fingerprint density at radius 1 is 1.35 bits per heavy atom. The Hall–Kier alpha value is -2.87. The molecule has 1 amide bonds. The molecule has 2 N–H and O–H groups in total. The molecule has 0 bridgehead atoms. The molecular weight excluding hydrogens is 252 g/mol. The summed E-state index contributed by atoms with van der Waals surface area (Å²) < 4.78 is 0. The molecule has 5 heteroatoms. The van der Waals surface area contributed by atoms with Crippen LogP contribution in [0.25, 0.3) is 0 Å². The van der Waals surface area contributed by atoms with E-state index in [9.17, 15) is 4.79 Å². The van der Waals surface area contributed by atoms with Gasteiger partial charge in [-0.25, -0.2) is 4.98 Å². The van der Waals surface area contributed by atoms with Gasteiger partial charge >= 0.3 is 0 Å². The number of carbonyl (C=O) groups is 1. The molecule has 0 fully saturated rings. The summed E-state index contributed by atoms with van der Waals surface area (Å²) in [5.41, 5.74) is 9.15. The van der Waals surface area contributed by atoms with Gasteiger partial charge in [0.15, 0.2) is 0 Å². The van der Waals surface area contributed by atoms with Crippen molar-refractivity contribution in [1.82, 2.24) is 4.98 Å². The van der Waals surface area contributed by atoms with Crippen molar-refractivity contribution in [3.05, 3.63) is 53.3 Å². The fourth-order valence-corrected chi connectivity index (χ4v) is 2.33. The molecule has 0 radical (unpaired) electrons. The Balaban J connectivity index is 1.93. The maximum Gasteiger partial charge on any atom is 0.276 e. The molecule has 1 aromatic carbocycles. The van der Waals surface area contributed by atoms with Crippen LogP contribution in [0.2, 0.25) is 0 Å². The molecule has 0 unspecified atom stereocenters. The molecule has 20 heavy (non-hydrogen) atoms. The number of amides is 1.